The smallest absolute Gasteiger partial charge is 0.269 e. The minimum absolute atomic E-state index is 0.0207. The van der Waals surface area contributed by atoms with Crippen LogP contribution in [0.4, 0.5) is 10.1 Å². The van der Waals surface area contributed by atoms with Crippen molar-refractivity contribution in [1.29, 1.82) is 0 Å². The number of nitrogens with zero attached hydrogens (tertiary/aromatic N) is 4. The maximum Gasteiger partial charge on any atom is 0.269 e. The van der Waals surface area contributed by atoms with E-state index in [-0.39, 0.29) is 11.3 Å². The molecule has 0 radical (unpaired) electrons. The van der Waals surface area contributed by atoms with E-state index in [1.165, 1.54) is 19.2 Å². The molecule has 0 saturated carbocycles. The number of amides is 1. The number of anilines is 1. The van der Waals surface area contributed by atoms with Crippen LogP contribution in [0.15, 0.2) is 29.2 Å². The highest BCUT2D eigenvalue weighted by molar-refractivity contribution is 5.92. The fraction of sp³-hybridized carbons (Fsp3) is 0.400. The number of fused-ring (bicyclic) bond motifs is 1. The van der Waals surface area contributed by atoms with Gasteiger partial charge in [-0.05, 0) is 31.9 Å². The van der Waals surface area contributed by atoms with Gasteiger partial charge in [-0.1, -0.05) is 0 Å². The Kier molecular flexibility index (Phi) is 5.02. The molecule has 0 atom stereocenters. The summed E-state index contributed by atoms with van der Waals surface area (Å²) in [6.07, 6.45) is 2.84. The van der Waals surface area contributed by atoms with E-state index in [1.54, 1.807) is 23.7 Å². The number of aliphatic hydroxyl groups is 1. The van der Waals surface area contributed by atoms with Gasteiger partial charge >= 0.3 is 0 Å². The van der Waals surface area contributed by atoms with Crippen molar-refractivity contribution < 1.29 is 14.3 Å². The average Bonchev–Trinajstić information content (AvgIpc) is 3.08. The van der Waals surface area contributed by atoms with Gasteiger partial charge in [0.2, 0.25) is 5.95 Å². The monoisotopic (exact) mass is 414 g/mol. The van der Waals surface area contributed by atoms with E-state index in [1.807, 2.05) is 4.90 Å². The molecule has 10 heteroatoms. The number of piperidine rings is 1. The van der Waals surface area contributed by atoms with Gasteiger partial charge < -0.3 is 20.3 Å². The lowest BCUT2D eigenvalue weighted by Gasteiger charge is -2.39. The molecule has 158 valence electrons. The molecular formula is C20H23FN6O3. The Morgan fingerprint density at radius 1 is 1.37 bits per heavy atom. The second-order valence-electron chi connectivity index (χ2n) is 7.71. The maximum atomic E-state index is 14.4. The number of aromatic nitrogens is 4. The van der Waals surface area contributed by atoms with Crippen molar-refractivity contribution in [3.8, 4) is 0 Å². The fourth-order valence-corrected chi connectivity index (χ4v) is 3.78. The Balaban J connectivity index is 1.46. The largest absolute Gasteiger partial charge is 0.389 e. The molecule has 1 amide bonds. The number of carbonyl (C=O) groups excluding carboxylic acids is 1. The van der Waals surface area contributed by atoms with Crippen LogP contribution in [0, 0.1) is 12.9 Å². The summed E-state index contributed by atoms with van der Waals surface area (Å²) in [6, 6.07) is 4.78. The quantitative estimate of drug-likeness (QED) is 0.544. The SMILES string of the molecule is CNC(=O)c1ccc(N2CCC(O)(Cc3cc4[nH]c(=O)c(C)cn4n3)CC2)c(F)n1. The van der Waals surface area contributed by atoms with Crippen LogP contribution in [0.3, 0.4) is 0 Å². The molecule has 4 heterocycles. The number of hydrogen-bond donors (Lipinski definition) is 3. The summed E-state index contributed by atoms with van der Waals surface area (Å²) in [5.41, 5.74) is 0.996. The predicted octanol–water partition coefficient (Wildman–Crippen LogP) is 0.799. The first-order valence-corrected chi connectivity index (χ1v) is 9.72. The second kappa shape index (κ2) is 7.52. The number of pyridine rings is 1. The van der Waals surface area contributed by atoms with E-state index in [0.29, 0.717) is 54.9 Å². The highest BCUT2D eigenvalue weighted by atomic mass is 19.1. The lowest BCUT2D eigenvalue weighted by Crippen LogP contribution is -2.46. The summed E-state index contributed by atoms with van der Waals surface area (Å²) in [7, 11) is 1.46. The lowest BCUT2D eigenvalue weighted by atomic mass is 9.87. The summed E-state index contributed by atoms with van der Waals surface area (Å²) in [5.74, 6) is -1.15. The molecule has 0 bridgehead atoms. The molecule has 1 aliphatic heterocycles. The third-order valence-electron chi connectivity index (χ3n) is 5.54. The van der Waals surface area contributed by atoms with Crippen LogP contribution >= 0.6 is 0 Å². The molecule has 3 aromatic rings. The maximum absolute atomic E-state index is 14.4. The van der Waals surface area contributed by atoms with Gasteiger partial charge in [-0.3, -0.25) is 9.59 Å². The van der Waals surface area contributed by atoms with Crippen molar-refractivity contribution in [1.82, 2.24) is 24.9 Å². The Hall–Kier alpha value is -3.27. The first-order valence-electron chi connectivity index (χ1n) is 9.72. The normalized spacial score (nSPS) is 16.1. The van der Waals surface area contributed by atoms with Gasteiger partial charge in [-0.2, -0.15) is 9.49 Å². The van der Waals surface area contributed by atoms with Crippen molar-refractivity contribution in [3.05, 3.63) is 57.6 Å². The Bertz CT molecular complexity index is 1160. The van der Waals surface area contributed by atoms with Crippen molar-refractivity contribution in [2.45, 2.75) is 31.8 Å². The molecule has 1 saturated heterocycles. The van der Waals surface area contributed by atoms with E-state index in [4.69, 9.17) is 0 Å². The van der Waals surface area contributed by atoms with E-state index in [0.717, 1.165) is 0 Å². The molecule has 9 nitrogen and oxygen atoms in total. The van der Waals surface area contributed by atoms with Crippen molar-refractivity contribution >= 4 is 17.2 Å². The fourth-order valence-electron chi connectivity index (χ4n) is 3.78. The highest BCUT2D eigenvalue weighted by Crippen LogP contribution is 2.30. The average molecular weight is 414 g/mol. The van der Waals surface area contributed by atoms with Crippen LogP contribution in [-0.2, 0) is 6.42 Å². The molecule has 3 N–H and O–H groups in total. The van der Waals surface area contributed by atoms with Gasteiger partial charge in [0, 0.05) is 44.4 Å². The summed E-state index contributed by atoms with van der Waals surface area (Å²) in [4.78, 5) is 31.7. The van der Waals surface area contributed by atoms with Gasteiger partial charge in [0.05, 0.1) is 17.0 Å². The van der Waals surface area contributed by atoms with Gasteiger partial charge in [-0.15, -0.1) is 0 Å². The van der Waals surface area contributed by atoms with E-state index in [9.17, 15) is 19.1 Å². The number of hydrogen-bond acceptors (Lipinski definition) is 6. The first kappa shape index (κ1) is 20.0. The predicted molar refractivity (Wildman–Crippen MR) is 108 cm³/mol. The molecule has 1 fully saturated rings. The number of aromatic amines is 1. The minimum atomic E-state index is -0.976. The van der Waals surface area contributed by atoms with Crippen LogP contribution < -0.4 is 15.8 Å². The van der Waals surface area contributed by atoms with Gasteiger partial charge in [0.25, 0.3) is 11.5 Å². The summed E-state index contributed by atoms with van der Waals surface area (Å²) >= 11 is 0. The van der Waals surface area contributed by atoms with E-state index < -0.39 is 17.5 Å². The third-order valence-corrected chi connectivity index (χ3v) is 5.54. The second-order valence-corrected chi connectivity index (χ2v) is 7.71. The summed E-state index contributed by atoms with van der Waals surface area (Å²) in [5, 5.41) is 17.9. The number of H-pyrrole nitrogens is 1. The standard InChI is InChI=1S/C20H23FN6O3/c1-12-11-27-16(24-18(12)28)9-13(25-27)10-20(30)5-7-26(8-6-20)15-4-3-14(19(29)22-2)23-17(15)21/h3-4,9,11,30H,5-8,10H2,1-2H3,(H,22,29)(H,24,28). The van der Waals surface area contributed by atoms with Gasteiger partial charge in [-0.25, -0.2) is 9.50 Å². The Morgan fingerprint density at radius 2 is 2.10 bits per heavy atom. The van der Waals surface area contributed by atoms with Gasteiger partial charge in [0.1, 0.15) is 11.3 Å². The summed E-state index contributed by atoms with van der Waals surface area (Å²) in [6.45, 7) is 2.59. The highest BCUT2D eigenvalue weighted by Gasteiger charge is 2.34. The molecule has 1 aliphatic rings. The number of rotatable bonds is 4. The minimum Gasteiger partial charge on any atom is -0.389 e. The van der Waals surface area contributed by atoms with Crippen LogP contribution in [0.5, 0.6) is 0 Å². The molecule has 30 heavy (non-hydrogen) atoms. The van der Waals surface area contributed by atoms with E-state index >= 15 is 0 Å². The van der Waals surface area contributed by atoms with Gasteiger partial charge in [0.15, 0.2) is 0 Å². The zero-order chi connectivity index (χ0) is 21.5. The van der Waals surface area contributed by atoms with Crippen LogP contribution in [0.1, 0.15) is 34.6 Å². The van der Waals surface area contributed by atoms with Crippen molar-refractivity contribution in [3.63, 3.8) is 0 Å². The topological polar surface area (TPSA) is 116 Å². The zero-order valence-corrected chi connectivity index (χ0v) is 16.8. The zero-order valence-electron chi connectivity index (χ0n) is 16.8. The number of carbonyl (C=O) groups is 1. The first-order chi connectivity index (χ1) is 14.3. The Labute approximate surface area is 171 Å². The number of nitrogens with one attached hydrogen (secondary N) is 2. The molecular weight excluding hydrogens is 391 g/mol. The molecule has 0 aliphatic carbocycles. The molecule has 0 aromatic carbocycles. The third kappa shape index (κ3) is 3.78. The molecule has 0 spiro atoms. The number of halogens is 1. The van der Waals surface area contributed by atoms with E-state index in [2.05, 4.69) is 20.4 Å². The van der Waals surface area contributed by atoms with Crippen molar-refractivity contribution in [2.24, 2.45) is 0 Å². The van der Waals surface area contributed by atoms with Crippen molar-refractivity contribution in [2.75, 3.05) is 25.0 Å². The number of aryl methyl sites for hydroxylation is 1. The molecule has 3 aromatic heterocycles. The van der Waals surface area contributed by atoms with Crippen LogP contribution in [0.2, 0.25) is 0 Å². The summed E-state index contributed by atoms with van der Waals surface area (Å²) < 4.78 is 16.0. The van der Waals surface area contributed by atoms with Crippen LogP contribution in [0.25, 0.3) is 5.65 Å². The Morgan fingerprint density at radius 3 is 2.77 bits per heavy atom. The molecule has 0 unspecified atom stereocenters. The molecule has 4 rings (SSSR count). The van der Waals surface area contributed by atoms with Crippen LogP contribution in [-0.4, -0.2) is 56.3 Å². The lowest BCUT2D eigenvalue weighted by molar-refractivity contribution is 0.0155.